The fourth-order valence-corrected chi connectivity index (χ4v) is 6.30. The molecule has 62 heavy (non-hydrogen) atoms. The Morgan fingerprint density at radius 3 is 1.11 bits per heavy atom. The smallest absolute Gasteiger partial charge is 0.306 e. The topological polar surface area (TPSA) is 78.9 Å². The van der Waals surface area contributed by atoms with Crippen molar-refractivity contribution in [3.8, 4) is 0 Å². The zero-order valence-electron chi connectivity index (χ0n) is 39.8. The van der Waals surface area contributed by atoms with Crippen molar-refractivity contribution in [3.63, 3.8) is 0 Å². The first-order valence-electron chi connectivity index (χ1n) is 24.9. The average Bonchev–Trinajstić information content (AvgIpc) is 3.27. The molecule has 0 bridgehead atoms. The third kappa shape index (κ3) is 47.1. The first-order chi connectivity index (χ1) is 30.5. The summed E-state index contributed by atoms with van der Waals surface area (Å²) < 4.78 is 16.6. The summed E-state index contributed by atoms with van der Waals surface area (Å²) in [5.74, 6) is -1.03. The molecule has 0 saturated carbocycles. The molecule has 0 heterocycles. The molecule has 0 rings (SSSR count). The van der Waals surface area contributed by atoms with Gasteiger partial charge in [-0.25, -0.2) is 0 Å². The van der Waals surface area contributed by atoms with Crippen LogP contribution < -0.4 is 0 Å². The van der Waals surface area contributed by atoms with E-state index in [0.29, 0.717) is 19.3 Å². The number of ether oxygens (including phenoxy) is 3. The maximum absolute atomic E-state index is 12.7. The summed E-state index contributed by atoms with van der Waals surface area (Å²) in [7, 11) is 0. The lowest BCUT2D eigenvalue weighted by Crippen LogP contribution is -2.30. The lowest BCUT2D eigenvalue weighted by atomic mass is 10.1. The van der Waals surface area contributed by atoms with Gasteiger partial charge in [0.25, 0.3) is 0 Å². The SMILES string of the molecule is CC/C=C\C/C=C\C/C=C\C/C=C\C/C=C\C/C=C\CCC(=O)OCC(COC(=O)CCCCCCCC)OC(=O)CCCCCCCC/C=C\C/C=C\C/C=C\CCCCC. The highest BCUT2D eigenvalue weighted by atomic mass is 16.6. The van der Waals surface area contributed by atoms with Crippen molar-refractivity contribution in [1.82, 2.24) is 0 Å². The van der Waals surface area contributed by atoms with Crippen LogP contribution in [0, 0.1) is 0 Å². The average molecular weight is 859 g/mol. The minimum Gasteiger partial charge on any atom is -0.462 e. The third-order valence-corrected chi connectivity index (χ3v) is 10.0. The van der Waals surface area contributed by atoms with Crippen molar-refractivity contribution < 1.29 is 28.6 Å². The van der Waals surface area contributed by atoms with Crippen LogP contribution in [0.25, 0.3) is 0 Å². The van der Waals surface area contributed by atoms with Crippen LogP contribution in [-0.4, -0.2) is 37.2 Å². The fourth-order valence-electron chi connectivity index (χ4n) is 6.30. The molecule has 0 aromatic heterocycles. The number of hydrogen-bond acceptors (Lipinski definition) is 6. The van der Waals surface area contributed by atoms with Crippen LogP contribution in [0.1, 0.15) is 207 Å². The van der Waals surface area contributed by atoms with Gasteiger partial charge < -0.3 is 14.2 Å². The Balaban J connectivity index is 4.40. The van der Waals surface area contributed by atoms with E-state index >= 15 is 0 Å². The van der Waals surface area contributed by atoms with Gasteiger partial charge in [0, 0.05) is 19.3 Å². The van der Waals surface area contributed by atoms with Gasteiger partial charge in [-0.15, -0.1) is 0 Å². The molecule has 0 aliphatic heterocycles. The minimum absolute atomic E-state index is 0.109. The number of carbonyl (C=O) groups is 3. The first kappa shape index (κ1) is 58.1. The Morgan fingerprint density at radius 2 is 0.661 bits per heavy atom. The van der Waals surface area contributed by atoms with Gasteiger partial charge in [-0.2, -0.15) is 0 Å². The molecular formula is C56H90O6. The molecule has 0 aromatic rings. The van der Waals surface area contributed by atoms with E-state index < -0.39 is 6.10 Å². The molecule has 0 radical (unpaired) electrons. The molecule has 0 spiro atoms. The maximum Gasteiger partial charge on any atom is 0.306 e. The Kier molecular flexibility index (Phi) is 46.6. The molecule has 0 fully saturated rings. The van der Waals surface area contributed by atoms with E-state index in [1.165, 1.54) is 57.8 Å². The Morgan fingerprint density at radius 1 is 0.339 bits per heavy atom. The van der Waals surface area contributed by atoms with Crippen molar-refractivity contribution in [2.45, 2.75) is 213 Å². The lowest BCUT2D eigenvalue weighted by molar-refractivity contribution is -0.166. The summed E-state index contributed by atoms with van der Waals surface area (Å²) in [5.41, 5.74) is 0. The Bertz CT molecular complexity index is 1310. The van der Waals surface area contributed by atoms with Crippen LogP contribution >= 0.6 is 0 Å². The minimum atomic E-state index is -0.813. The number of rotatable bonds is 43. The van der Waals surface area contributed by atoms with Crippen molar-refractivity contribution in [2.75, 3.05) is 13.2 Å². The van der Waals surface area contributed by atoms with Crippen LogP contribution in [0.3, 0.4) is 0 Å². The molecule has 1 atom stereocenters. The van der Waals surface area contributed by atoms with Gasteiger partial charge >= 0.3 is 17.9 Å². The van der Waals surface area contributed by atoms with E-state index in [2.05, 4.69) is 118 Å². The predicted molar refractivity (Wildman–Crippen MR) is 265 cm³/mol. The van der Waals surface area contributed by atoms with Crippen LogP contribution in [0.2, 0.25) is 0 Å². The van der Waals surface area contributed by atoms with E-state index in [9.17, 15) is 14.4 Å². The van der Waals surface area contributed by atoms with Crippen molar-refractivity contribution in [1.29, 1.82) is 0 Å². The second-order valence-corrected chi connectivity index (χ2v) is 16.0. The van der Waals surface area contributed by atoms with Gasteiger partial charge in [0.05, 0.1) is 0 Å². The summed E-state index contributed by atoms with van der Waals surface area (Å²) in [6, 6.07) is 0. The molecule has 6 nitrogen and oxygen atoms in total. The molecule has 0 amide bonds. The highest BCUT2D eigenvalue weighted by Gasteiger charge is 2.19. The van der Waals surface area contributed by atoms with Crippen molar-refractivity contribution in [3.05, 3.63) is 109 Å². The molecule has 0 aliphatic rings. The largest absolute Gasteiger partial charge is 0.462 e. The summed E-state index contributed by atoms with van der Waals surface area (Å²) in [6.07, 6.45) is 66.7. The Hall–Kier alpha value is -3.93. The zero-order valence-corrected chi connectivity index (χ0v) is 39.8. The van der Waals surface area contributed by atoms with Crippen LogP contribution in [-0.2, 0) is 28.6 Å². The number of esters is 3. The normalized spacial score (nSPS) is 13.0. The van der Waals surface area contributed by atoms with Gasteiger partial charge in [-0.1, -0.05) is 201 Å². The van der Waals surface area contributed by atoms with E-state index in [1.54, 1.807) is 0 Å². The van der Waals surface area contributed by atoms with E-state index in [-0.39, 0.29) is 37.5 Å². The van der Waals surface area contributed by atoms with Gasteiger partial charge in [-0.3, -0.25) is 14.4 Å². The molecule has 0 aromatic carbocycles. The van der Waals surface area contributed by atoms with Crippen molar-refractivity contribution in [2.24, 2.45) is 0 Å². The van der Waals surface area contributed by atoms with Gasteiger partial charge in [0.15, 0.2) is 6.10 Å². The Labute approximate surface area is 380 Å². The number of hydrogen-bond donors (Lipinski definition) is 0. The second-order valence-electron chi connectivity index (χ2n) is 16.0. The molecule has 0 saturated heterocycles. The number of allylic oxidation sites excluding steroid dienone is 18. The van der Waals surface area contributed by atoms with Crippen LogP contribution in [0.15, 0.2) is 109 Å². The molecule has 1 unspecified atom stereocenters. The maximum atomic E-state index is 12.7. The number of unbranched alkanes of at least 4 members (excludes halogenated alkanes) is 14. The van der Waals surface area contributed by atoms with E-state index in [0.717, 1.165) is 103 Å². The highest BCUT2D eigenvalue weighted by Crippen LogP contribution is 2.12. The number of carbonyl (C=O) groups excluding carboxylic acids is 3. The van der Waals surface area contributed by atoms with E-state index in [1.807, 2.05) is 12.2 Å². The zero-order chi connectivity index (χ0) is 45.1. The third-order valence-electron chi connectivity index (χ3n) is 10.0. The molecule has 0 N–H and O–H groups in total. The van der Waals surface area contributed by atoms with Crippen LogP contribution in [0.4, 0.5) is 0 Å². The molecule has 6 heteroatoms. The second kappa shape index (κ2) is 49.7. The van der Waals surface area contributed by atoms with E-state index in [4.69, 9.17) is 14.2 Å². The predicted octanol–water partition coefficient (Wildman–Crippen LogP) is 16.4. The summed E-state index contributed by atoms with van der Waals surface area (Å²) in [6.45, 7) is 6.34. The fraction of sp³-hybridized carbons (Fsp3) is 0.625. The van der Waals surface area contributed by atoms with Crippen molar-refractivity contribution >= 4 is 17.9 Å². The van der Waals surface area contributed by atoms with Gasteiger partial charge in [0.1, 0.15) is 13.2 Å². The standard InChI is InChI=1S/C56H90O6/c1-4-7-10-13-16-18-20-22-24-26-28-30-32-34-36-38-40-43-46-49-55(58)61-52-53(51-60-54(57)48-45-42-15-12-9-6-3)62-56(59)50-47-44-41-39-37-35-33-31-29-27-25-23-21-19-17-14-11-8-5-2/h7,10,16-19,22-25,28-31,34,36,40,43,53H,4-6,8-9,11-15,20-21,26-27,32-33,35,37-39,41-42,44-52H2,1-3H3/b10-7-,18-16-,19-17-,24-22-,25-23-,30-28-,31-29-,36-34-,43-40-. The summed E-state index contributed by atoms with van der Waals surface area (Å²) in [5, 5.41) is 0. The van der Waals surface area contributed by atoms with Crippen LogP contribution in [0.5, 0.6) is 0 Å². The monoisotopic (exact) mass is 859 g/mol. The van der Waals surface area contributed by atoms with Gasteiger partial charge in [0.2, 0.25) is 0 Å². The first-order valence-corrected chi connectivity index (χ1v) is 24.9. The molecule has 350 valence electrons. The summed E-state index contributed by atoms with van der Waals surface area (Å²) in [4.78, 5) is 37.7. The summed E-state index contributed by atoms with van der Waals surface area (Å²) >= 11 is 0. The molecule has 0 aliphatic carbocycles. The van der Waals surface area contributed by atoms with Gasteiger partial charge in [-0.05, 0) is 96.3 Å². The lowest BCUT2D eigenvalue weighted by Gasteiger charge is -2.18. The highest BCUT2D eigenvalue weighted by molar-refractivity contribution is 5.71. The molecular weight excluding hydrogens is 769 g/mol. The quantitative estimate of drug-likeness (QED) is 0.0263.